The number of carbonyl (C=O) groups excluding carboxylic acids is 1. The van der Waals surface area contributed by atoms with Crippen LogP contribution in [-0.4, -0.2) is 24.5 Å². The number of carbonyl (C=O) groups is 1. The van der Waals surface area contributed by atoms with Crippen molar-refractivity contribution in [3.05, 3.63) is 71.6 Å². The lowest BCUT2D eigenvalue weighted by atomic mass is 9.86. The van der Waals surface area contributed by atoms with Crippen molar-refractivity contribution in [1.29, 1.82) is 0 Å². The summed E-state index contributed by atoms with van der Waals surface area (Å²) in [6, 6.07) is 6.92. The highest BCUT2D eigenvalue weighted by Gasteiger charge is 2.40. The minimum atomic E-state index is -0.571. The molecule has 2 N–H and O–H groups in total. The van der Waals surface area contributed by atoms with E-state index in [1.165, 1.54) is 23.9 Å². The fourth-order valence-corrected chi connectivity index (χ4v) is 4.60. The van der Waals surface area contributed by atoms with Crippen molar-refractivity contribution in [2.75, 3.05) is 13.6 Å². The third-order valence-corrected chi connectivity index (χ3v) is 5.73. The Morgan fingerprint density at radius 2 is 2.11 bits per heavy atom. The van der Waals surface area contributed by atoms with Crippen molar-refractivity contribution < 1.29 is 9.21 Å². The zero-order valence-electron chi connectivity index (χ0n) is 17.4. The quantitative estimate of drug-likeness (QED) is 0.771. The average molecular weight is 381 g/mol. The van der Waals surface area contributed by atoms with Crippen LogP contribution in [0.5, 0.6) is 0 Å². The molecule has 5 heteroatoms. The monoisotopic (exact) mass is 380 g/mol. The number of fused-ring (bicyclic) bond motifs is 1. The number of primary amides is 1. The molecule has 148 valence electrons. The van der Waals surface area contributed by atoms with Crippen LogP contribution in [-0.2, 0) is 5.41 Å². The summed E-state index contributed by atoms with van der Waals surface area (Å²) in [7, 11) is 2.33. The number of hydrogen-bond donors (Lipinski definition) is 1. The first-order valence-corrected chi connectivity index (χ1v) is 9.66. The first-order valence-electron chi connectivity index (χ1n) is 9.66. The van der Waals surface area contributed by atoms with E-state index in [0.717, 1.165) is 17.4 Å². The van der Waals surface area contributed by atoms with E-state index in [9.17, 15) is 4.79 Å². The fourth-order valence-electron chi connectivity index (χ4n) is 4.60. The van der Waals surface area contributed by atoms with Crippen LogP contribution in [0.2, 0.25) is 0 Å². The number of quaternary nitrogens is 1. The van der Waals surface area contributed by atoms with Gasteiger partial charge in [0, 0.05) is 5.56 Å². The van der Waals surface area contributed by atoms with Crippen LogP contribution in [0.1, 0.15) is 61.6 Å². The molecule has 0 saturated carbocycles. The molecule has 4 rings (SSSR count). The SMILES string of the molecule is CC1=CC=C[N+](C)(c2cccc3c2C(C)CC3(C)C)C1.NC(=O)c1cocn1. The third-order valence-electron chi connectivity index (χ3n) is 5.73. The van der Waals surface area contributed by atoms with Gasteiger partial charge in [0.05, 0.1) is 7.05 Å². The van der Waals surface area contributed by atoms with Crippen molar-refractivity contribution in [1.82, 2.24) is 9.47 Å². The van der Waals surface area contributed by atoms with Gasteiger partial charge in [-0.3, -0.25) is 9.28 Å². The molecule has 2 unspecified atom stereocenters. The van der Waals surface area contributed by atoms with Gasteiger partial charge in [-0.25, -0.2) is 4.98 Å². The maximum absolute atomic E-state index is 10.2. The van der Waals surface area contributed by atoms with Crippen molar-refractivity contribution in [2.24, 2.45) is 5.73 Å². The van der Waals surface area contributed by atoms with Crippen molar-refractivity contribution in [3.63, 3.8) is 0 Å². The second-order valence-electron chi connectivity index (χ2n) is 8.75. The van der Waals surface area contributed by atoms with Crippen molar-refractivity contribution in [3.8, 4) is 0 Å². The summed E-state index contributed by atoms with van der Waals surface area (Å²) in [4.78, 5) is 13.6. The summed E-state index contributed by atoms with van der Waals surface area (Å²) in [5.74, 6) is 0.0875. The number of nitrogens with two attached hydrogens (primary N) is 1. The summed E-state index contributed by atoms with van der Waals surface area (Å²) in [5.41, 5.74) is 11.4. The summed E-state index contributed by atoms with van der Waals surface area (Å²) < 4.78 is 5.37. The Balaban J connectivity index is 0.000000236. The highest BCUT2D eigenvalue weighted by molar-refractivity contribution is 5.90. The lowest BCUT2D eigenvalue weighted by Gasteiger charge is -2.34. The minimum absolute atomic E-state index is 0.157. The molecule has 1 amide bonds. The van der Waals surface area contributed by atoms with Gasteiger partial charge in [0.25, 0.3) is 5.91 Å². The van der Waals surface area contributed by atoms with Gasteiger partial charge in [-0.05, 0) is 48.0 Å². The largest absolute Gasteiger partial charge is 0.451 e. The highest BCUT2D eigenvalue weighted by Crippen LogP contribution is 2.50. The Hall–Kier alpha value is -2.66. The maximum atomic E-state index is 10.2. The molecule has 1 aromatic heterocycles. The molecule has 2 heterocycles. The average Bonchev–Trinajstić information content (AvgIpc) is 3.23. The van der Waals surface area contributed by atoms with Crippen molar-refractivity contribution in [2.45, 2.75) is 45.4 Å². The molecule has 2 atom stereocenters. The van der Waals surface area contributed by atoms with Gasteiger partial charge in [-0.15, -0.1) is 0 Å². The molecule has 2 aromatic rings. The summed E-state index contributed by atoms with van der Waals surface area (Å²) in [5, 5.41) is 0. The third kappa shape index (κ3) is 3.80. The molecule has 1 aliphatic heterocycles. The molecule has 0 saturated heterocycles. The summed E-state index contributed by atoms with van der Waals surface area (Å²) in [6.07, 6.45) is 10.4. The van der Waals surface area contributed by atoms with E-state index in [0.29, 0.717) is 11.3 Å². The van der Waals surface area contributed by atoms with E-state index in [4.69, 9.17) is 5.73 Å². The molecule has 2 aliphatic rings. The molecule has 0 fully saturated rings. The first-order chi connectivity index (χ1) is 13.1. The van der Waals surface area contributed by atoms with E-state index in [-0.39, 0.29) is 5.69 Å². The molecule has 0 spiro atoms. The van der Waals surface area contributed by atoms with E-state index >= 15 is 0 Å². The van der Waals surface area contributed by atoms with Crippen LogP contribution in [0.3, 0.4) is 0 Å². The Kier molecular flexibility index (Phi) is 5.31. The Morgan fingerprint density at radius 1 is 1.36 bits per heavy atom. The standard InChI is InChI=1S/C19H26N.C4H4N2O2/c1-14-8-7-11-20(5,13-14)17-10-6-9-16-18(17)15(2)12-19(16,3)4;5-4(7)3-1-8-2-6-3/h6-11,15H,12-13H2,1-5H3;1-2H,(H2,5,7)/q+1;. The molecule has 1 aliphatic carbocycles. The lowest BCUT2D eigenvalue weighted by Crippen LogP contribution is -2.42. The number of oxazole rings is 1. The van der Waals surface area contributed by atoms with Crippen LogP contribution in [0, 0.1) is 0 Å². The van der Waals surface area contributed by atoms with Gasteiger partial charge in [-0.2, -0.15) is 0 Å². The number of nitrogens with zero attached hydrogens (tertiary/aromatic N) is 2. The first kappa shape index (κ1) is 20.1. The van der Waals surface area contributed by atoms with Crippen molar-refractivity contribution >= 4 is 11.6 Å². The molecular formula is C23H30N3O2+. The minimum Gasteiger partial charge on any atom is -0.451 e. The second-order valence-corrected chi connectivity index (χ2v) is 8.75. The number of allylic oxidation sites excluding steroid dienone is 2. The zero-order valence-corrected chi connectivity index (χ0v) is 17.4. The molecule has 0 radical (unpaired) electrons. The number of rotatable bonds is 2. The fraction of sp³-hybridized carbons (Fsp3) is 0.391. The molecule has 0 bridgehead atoms. The van der Waals surface area contributed by atoms with Gasteiger partial charge >= 0.3 is 0 Å². The molecule has 5 nitrogen and oxygen atoms in total. The topological polar surface area (TPSA) is 69.1 Å². The Morgan fingerprint density at radius 3 is 2.68 bits per heavy atom. The molecular weight excluding hydrogens is 350 g/mol. The smallest absolute Gasteiger partial charge is 0.270 e. The van der Waals surface area contributed by atoms with Gasteiger partial charge < -0.3 is 10.2 Å². The highest BCUT2D eigenvalue weighted by atomic mass is 16.3. The maximum Gasteiger partial charge on any atom is 0.270 e. The van der Waals surface area contributed by atoms with Gasteiger partial charge in [0.1, 0.15) is 24.7 Å². The predicted octanol–water partition coefficient (Wildman–Crippen LogP) is 4.66. The van der Waals surface area contributed by atoms with E-state index in [1.807, 2.05) is 0 Å². The van der Waals surface area contributed by atoms with Gasteiger partial charge in [-0.1, -0.05) is 39.0 Å². The van der Waals surface area contributed by atoms with E-state index in [2.05, 4.69) is 80.7 Å². The number of aromatic nitrogens is 1. The van der Waals surface area contributed by atoms with Crippen LogP contribution >= 0.6 is 0 Å². The number of amides is 1. The summed E-state index contributed by atoms with van der Waals surface area (Å²) >= 11 is 0. The molecule has 28 heavy (non-hydrogen) atoms. The normalized spacial score (nSPS) is 24.8. The van der Waals surface area contributed by atoms with Crippen LogP contribution in [0.15, 0.2) is 59.2 Å². The number of benzene rings is 1. The van der Waals surface area contributed by atoms with Crippen LogP contribution in [0.25, 0.3) is 0 Å². The zero-order chi connectivity index (χ0) is 20.5. The molecule has 1 aromatic carbocycles. The predicted molar refractivity (Wildman–Crippen MR) is 113 cm³/mol. The van der Waals surface area contributed by atoms with E-state index < -0.39 is 5.91 Å². The van der Waals surface area contributed by atoms with Crippen LogP contribution in [0.4, 0.5) is 5.69 Å². The lowest BCUT2D eigenvalue weighted by molar-refractivity contribution is 0.0995. The Bertz CT molecular complexity index is 925. The van der Waals surface area contributed by atoms with Gasteiger partial charge in [0.15, 0.2) is 12.1 Å². The Labute approximate surface area is 167 Å². The number of hydrogen-bond acceptors (Lipinski definition) is 3. The van der Waals surface area contributed by atoms with E-state index in [1.54, 1.807) is 11.1 Å². The summed E-state index contributed by atoms with van der Waals surface area (Å²) in [6.45, 7) is 10.5. The van der Waals surface area contributed by atoms with Crippen LogP contribution < -0.4 is 10.2 Å². The van der Waals surface area contributed by atoms with Gasteiger partial charge in [0.2, 0.25) is 0 Å². The number of likely N-dealkylation sites (N-methyl/N-ethyl adjacent to an activating group) is 1. The second kappa shape index (κ2) is 7.40.